The number of carbonyl (C=O) groups is 2. The van der Waals surface area contributed by atoms with Crippen LogP contribution >= 0.6 is 0 Å². The van der Waals surface area contributed by atoms with Gasteiger partial charge in [0.1, 0.15) is 6.10 Å². The van der Waals surface area contributed by atoms with Gasteiger partial charge in [-0.1, -0.05) is 25.1 Å². The maximum absolute atomic E-state index is 12.1. The zero-order chi connectivity index (χ0) is 17.2. The number of amides is 3. The number of para-hydroxylation sites is 2. The number of rotatable bonds is 9. The summed E-state index contributed by atoms with van der Waals surface area (Å²) in [6.45, 7) is 7.65. The number of nitrogens with one attached hydrogen (secondary N) is 1. The lowest BCUT2D eigenvalue weighted by Crippen LogP contribution is -2.37. The zero-order valence-corrected chi connectivity index (χ0v) is 13.5. The van der Waals surface area contributed by atoms with Crippen LogP contribution in [0.5, 0.6) is 0 Å². The first kappa shape index (κ1) is 18.7. The molecule has 0 aliphatic rings. The second-order valence-electron chi connectivity index (χ2n) is 4.74. The number of ether oxygens (including phenoxy) is 1. The number of nitrogens with two attached hydrogens (primary N) is 1. The predicted molar refractivity (Wildman–Crippen MR) is 89.0 cm³/mol. The molecule has 0 aliphatic carbocycles. The second kappa shape index (κ2) is 9.60. The van der Waals surface area contributed by atoms with Crippen molar-refractivity contribution >= 4 is 23.3 Å². The van der Waals surface area contributed by atoms with Crippen molar-refractivity contribution in [1.82, 2.24) is 0 Å². The normalized spacial score (nSPS) is 11.6. The quantitative estimate of drug-likeness (QED) is 0.539. The van der Waals surface area contributed by atoms with Crippen molar-refractivity contribution in [3.8, 4) is 0 Å². The van der Waals surface area contributed by atoms with E-state index >= 15 is 0 Å². The molecule has 1 aromatic carbocycles. The molecule has 0 saturated heterocycles. The molecule has 1 rings (SSSR count). The molecule has 1 aromatic rings. The number of hydrogen-bond donors (Lipinski definition) is 2. The first-order chi connectivity index (χ1) is 11.0. The summed E-state index contributed by atoms with van der Waals surface area (Å²) in [7, 11) is 0. The SMILES string of the molecule is C=CCOC(C)C(=O)Nc1ccccc1N(OCCC)C(N)=O. The Labute approximate surface area is 136 Å². The highest BCUT2D eigenvalue weighted by molar-refractivity contribution is 6.00. The van der Waals surface area contributed by atoms with Gasteiger partial charge in [-0.15, -0.1) is 6.58 Å². The van der Waals surface area contributed by atoms with Crippen LogP contribution in [-0.4, -0.2) is 31.3 Å². The van der Waals surface area contributed by atoms with E-state index in [1.165, 1.54) is 0 Å². The average molecular weight is 321 g/mol. The van der Waals surface area contributed by atoms with E-state index in [-0.39, 0.29) is 12.5 Å². The van der Waals surface area contributed by atoms with Gasteiger partial charge in [-0.3, -0.25) is 9.63 Å². The number of benzene rings is 1. The summed E-state index contributed by atoms with van der Waals surface area (Å²) in [5, 5.41) is 3.67. The smallest absolute Gasteiger partial charge is 0.343 e. The summed E-state index contributed by atoms with van der Waals surface area (Å²) in [6.07, 6.45) is 1.61. The highest BCUT2D eigenvalue weighted by atomic mass is 16.7. The van der Waals surface area contributed by atoms with Crippen LogP contribution in [-0.2, 0) is 14.4 Å². The topological polar surface area (TPSA) is 93.9 Å². The van der Waals surface area contributed by atoms with Crippen molar-refractivity contribution < 1.29 is 19.2 Å². The standard InChI is InChI=1S/C16H23N3O4/c1-4-10-22-12(3)15(20)18-13-8-6-7-9-14(13)19(16(17)21)23-11-5-2/h4,6-9,12H,1,5,10-11H2,2-3H3,(H2,17,21)(H,18,20). The van der Waals surface area contributed by atoms with E-state index in [1.807, 2.05) is 6.92 Å². The van der Waals surface area contributed by atoms with E-state index in [9.17, 15) is 9.59 Å². The first-order valence-corrected chi connectivity index (χ1v) is 7.36. The maximum atomic E-state index is 12.1. The average Bonchev–Trinajstić information content (AvgIpc) is 2.54. The summed E-state index contributed by atoms with van der Waals surface area (Å²) < 4.78 is 5.27. The number of nitrogens with zero attached hydrogens (tertiary/aromatic N) is 1. The van der Waals surface area contributed by atoms with Crippen LogP contribution in [0.1, 0.15) is 20.3 Å². The van der Waals surface area contributed by atoms with Crippen LogP contribution in [0.3, 0.4) is 0 Å². The van der Waals surface area contributed by atoms with E-state index in [1.54, 1.807) is 37.3 Å². The molecule has 1 atom stereocenters. The second-order valence-corrected chi connectivity index (χ2v) is 4.74. The third kappa shape index (κ3) is 5.72. The predicted octanol–water partition coefficient (Wildman–Crippen LogP) is 2.44. The lowest BCUT2D eigenvalue weighted by Gasteiger charge is -2.23. The molecule has 0 heterocycles. The van der Waals surface area contributed by atoms with Crippen molar-refractivity contribution in [3.63, 3.8) is 0 Å². The van der Waals surface area contributed by atoms with E-state index < -0.39 is 12.1 Å². The summed E-state index contributed by atoms with van der Waals surface area (Å²) in [5.74, 6) is -0.348. The Morgan fingerprint density at radius 1 is 1.43 bits per heavy atom. The third-order valence-corrected chi connectivity index (χ3v) is 2.84. The summed E-state index contributed by atoms with van der Waals surface area (Å²) in [5.41, 5.74) is 6.11. The van der Waals surface area contributed by atoms with E-state index in [4.69, 9.17) is 15.3 Å². The van der Waals surface area contributed by atoms with Gasteiger partial charge >= 0.3 is 6.03 Å². The fourth-order valence-electron chi connectivity index (χ4n) is 1.71. The van der Waals surface area contributed by atoms with E-state index in [0.717, 1.165) is 5.06 Å². The molecule has 3 N–H and O–H groups in total. The minimum atomic E-state index is -0.767. The lowest BCUT2D eigenvalue weighted by atomic mass is 10.2. The molecule has 23 heavy (non-hydrogen) atoms. The highest BCUT2D eigenvalue weighted by Gasteiger charge is 2.20. The molecule has 0 fully saturated rings. The van der Waals surface area contributed by atoms with Crippen molar-refractivity contribution in [2.75, 3.05) is 23.6 Å². The third-order valence-electron chi connectivity index (χ3n) is 2.84. The van der Waals surface area contributed by atoms with Crippen LogP contribution in [0.15, 0.2) is 36.9 Å². The fourth-order valence-corrected chi connectivity index (χ4v) is 1.71. The summed E-state index contributed by atoms with van der Waals surface area (Å²) in [4.78, 5) is 29.1. The molecule has 0 radical (unpaired) electrons. The molecular weight excluding hydrogens is 298 g/mol. The Kier molecular flexibility index (Phi) is 7.79. The Morgan fingerprint density at radius 2 is 2.13 bits per heavy atom. The minimum absolute atomic E-state index is 0.267. The van der Waals surface area contributed by atoms with Crippen molar-refractivity contribution in [2.24, 2.45) is 5.73 Å². The molecule has 0 spiro atoms. The first-order valence-electron chi connectivity index (χ1n) is 7.36. The molecule has 1 unspecified atom stereocenters. The zero-order valence-electron chi connectivity index (χ0n) is 13.5. The van der Waals surface area contributed by atoms with Gasteiger partial charge in [0.25, 0.3) is 5.91 Å². The van der Waals surface area contributed by atoms with Gasteiger partial charge in [0, 0.05) is 0 Å². The highest BCUT2D eigenvalue weighted by Crippen LogP contribution is 2.26. The van der Waals surface area contributed by atoms with Gasteiger partial charge in [0.15, 0.2) is 0 Å². The van der Waals surface area contributed by atoms with Gasteiger partial charge < -0.3 is 15.8 Å². The molecule has 126 valence electrons. The largest absolute Gasteiger partial charge is 0.365 e. The monoisotopic (exact) mass is 321 g/mol. The number of hydroxylamine groups is 1. The molecule has 0 saturated carbocycles. The van der Waals surface area contributed by atoms with Crippen molar-refractivity contribution in [3.05, 3.63) is 36.9 Å². The Balaban J connectivity index is 2.93. The Bertz CT molecular complexity index is 548. The summed E-state index contributed by atoms with van der Waals surface area (Å²) >= 11 is 0. The molecule has 7 heteroatoms. The van der Waals surface area contributed by atoms with Crippen LogP contribution in [0, 0.1) is 0 Å². The van der Waals surface area contributed by atoms with Crippen LogP contribution in [0.4, 0.5) is 16.2 Å². The molecule has 0 aliphatic heterocycles. The number of carbonyl (C=O) groups excluding carboxylic acids is 2. The van der Waals surface area contributed by atoms with Crippen molar-refractivity contribution in [2.45, 2.75) is 26.4 Å². The van der Waals surface area contributed by atoms with Crippen LogP contribution in [0.25, 0.3) is 0 Å². The van der Waals surface area contributed by atoms with E-state index in [2.05, 4.69) is 11.9 Å². The van der Waals surface area contributed by atoms with Crippen LogP contribution in [0.2, 0.25) is 0 Å². The van der Waals surface area contributed by atoms with Gasteiger partial charge in [0.05, 0.1) is 24.6 Å². The number of primary amides is 1. The number of hydrogen-bond acceptors (Lipinski definition) is 4. The van der Waals surface area contributed by atoms with Gasteiger partial charge in [0.2, 0.25) is 0 Å². The van der Waals surface area contributed by atoms with E-state index in [0.29, 0.717) is 24.4 Å². The Hall–Kier alpha value is -2.38. The minimum Gasteiger partial charge on any atom is -0.365 e. The molecular formula is C16H23N3O4. The van der Waals surface area contributed by atoms with Gasteiger partial charge in [-0.2, -0.15) is 5.06 Å². The van der Waals surface area contributed by atoms with Crippen LogP contribution < -0.4 is 16.1 Å². The maximum Gasteiger partial charge on any atom is 0.343 e. The molecule has 0 bridgehead atoms. The lowest BCUT2D eigenvalue weighted by molar-refractivity contribution is -0.125. The number of urea groups is 1. The van der Waals surface area contributed by atoms with Gasteiger partial charge in [-0.25, -0.2) is 4.79 Å². The number of anilines is 2. The molecule has 7 nitrogen and oxygen atoms in total. The molecule has 3 amide bonds. The fraction of sp³-hybridized carbons (Fsp3) is 0.375. The Morgan fingerprint density at radius 3 is 2.74 bits per heavy atom. The van der Waals surface area contributed by atoms with Crippen molar-refractivity contribution in [1.29, 1.82) is 0 Å². The summed E-state index contributed by atoms with van der Waals surface area (Å²) in [6, 6.07) is 5.96. The molecule has 0 aromatic heterocycles. The van der Waals surface area contributed by atoms with Gasteiger partial charge in [-0.05, 0) is 25.5 Å².